The van der Waals surface area contributed by atoms with E-state index < -0.39 is 11.6 Å². The number of piperazine rings is 1. The molecule has 1 aromatic carbocycles. The van der Waals surface area contributed by atoms with Gasteiger partial charge in [-0.1, -0.05) is 23.7 Å². The van der Waals surface area contributed by atoms with Gasteiger partial charge in [0.1, 0.15) is 5.60 Å². The van der Waals surface area contributed by atoms with Crippen LogP contribution in [0.5, 0.6) is 0 Å². The Hall–Kier alpha value is -2.38. The van der Waals surface area contributed by atoms with Crippen molar-refractivity contribution in [3.63, 3.8) is 0 Å². The van der Waals surface area contributed by atoms with Crippen molar-refractivity contribution in [1.82, 2.24) is 19.6 Å². The van der Waals surface area contributed by atoms with Gasteiger partial charge in [-0.25, -0.2) is 9.59 Å². The van der Waals surface area contributed by atoms with E-state index in [2.05, 4.69) is 10.00 Å². The Bertz CT molecular complexity index is 834. The summed E-state index contributed by atoms with van der Waals surface area (Å²) in [5.74, 6) is -0.487. The second-order valence-electron chi connectivity index (χ2n) is 7.85. The van der Waals surface area contributed by atoms with E-state index in [0.717, 1.165) is 24.7 Å². The third-order valence-corrected chi connectivity index (χ3v) is 4.63. The zero-order valence-corrected chi connectivity index (χ0v) is 17.1. The van der Waals surface area contributed by atoms with Gasteiger partial charge < -0.3 is 9.64 Å². The molecule has 0 N–H and O–H groups in total. The fourth-order valence-electron chi connectivity index (χ4n) is 2.96. The van der Waals surface area contributed by atoms with Crippen LogP contribution in [0.25, 0.3) is 0 Å². The maximum atomic E-state index is 12.7. The van der Waals surface area contributed by atoms with E-state index >= 15 is 0 Å². The van der Waals surface area contributed by atoms with Crippen LogP contribution in [-0.2, 0) is 11.3 Å². The molecule has 1 amide bonds. The van der Waals surface area contributed by atoms with Gasteiger partial charge in [-0.2, -0.15) is 9.78 Å². The molecule has 0 unspecified atom stereocenters. The minimum atomic E-state index is -0.594. The summed E-state index contributed by atoms with van der Waals surface area (Å²) in [6.07, 6.45) is 2.79. The fraction of sp³-hybridized carbons (Fsp3) is 0.450. The summed E-state index contributed by atoms with van der Waals surface area (Å²) >= 11 is 5.92. The van der Waals surface area contributed by atoms with Crippen molar-refractivity contribution in [3.8, 4) is 0 Å². The van der Waals surface area contributed by atoms with Gasteiger partial charge in [0.25, 0.3) is 0 Å². The van der Waals surface area contributed by atoms with Gasteiger partial charge >= 0.3 is 12.0 Å². The van der Waals surface area contributed by atoms with Crippen LogP contribution in [0.15, 0.2) is 36.7 Å². The quantitative estimate of drug-likeness (QED) is 0.734. The molecule has 28 heavy (non-hydrogen) atoms. The molecule has 7 nitrogen and oxygen atoms in total. The van der Waals surface area contributed by atoms with Crippen LogP contribution in [0.2, 0.25) is 5.02 Å². The SMILES string of the molecule is CC(C)(C)OC(=O)c1cnn(C(=O)N2CCN(Cc3ccc(Cl)cc3)CC2)c1. The van der Waals surface area contributed by atoms with E-state index in [1.165, 1.54) is 22.6 Å². The van der Waals surface area contributed by atoms with Crippen LogP contribution < -0.4 is 0 Å². The third-order valence-electron chi connectivity index (χ3n) is 4.38. The highest BCUT2D eigenvalue weighted by atomic mass is 35.5. The van der Waals surface area contributed by atoms with Crippen molar-refractivity contribution in [2.24, 2.45) is 0 Å². The highest BCUT2D eigenvalue weighted by Crippen LogP contribution is 2.14. The molecule has 0 saturated carbocycles. The summed E-state index contributed by atoms with van der Waals surface area (Å²) in [7, 11) is 0. The van der Waals surface area contributed by atoms with Crippen LogP contribution in [0.4, 0.5) is 4.79 Å². The molecule has 1 saturated heterocycles. The van der Waals surface area contributed by atoms with Crippen LogP contribution in [0, 0.1) is 0 Å². The summed E-state index contributed by atoms with van der Waals surface area (Å²) in [6, 6.07) is 7.57. The number of halogens is 1. The molecule has 8 heteroatoms. The lowest BCUT2D eigenvalue weighted by Crippen LogP contribution is -2.49. The van der Waals surface area contributed by atoms with Crippen LogP contribution in [-0.4, -0.2) is 63.4 Å². The number of hydrogen-bond acceptors (Lipinski definition) is 5. The Morgan fingerprint density at radius 3 is 2.36 bits per heavy atom. The largest absolute Gasteiger partial charge is 0.456 e. The molecule has 1 fully saturated rings. The van der Waals surface area contributed by atoms with Crippen molar-refractivity contribution < 1.29 is 14.3 Å². The first-order valence-corrected chi connectivity index (χ1v) is 9.63. The van der Waals surface area contributed by atoms with Gasteiger partial charge in [0, 0.05) is 37.7 Å². The van der Waals surface area contributed by atoms with Gasteiger partial charge in [0.05, 0.1) is 18.0 Å². The van der Waals surface area contributed by atoms with Crippen molar-refractivity contribution in [2.45, 2.75) is 32.9 Å². The Morgan fingerprint density at radius 2 is 1.75 bits per heavy atom. The summed E-state index contributed by atoms with van der Waals surface area (Å²) in [4.78, 5) is 28.8. The third kappa shape index (κ3) is 5.33. The lowest BCUT2D eigenvalue weighted by molar-refractivity contribution is 0.00695. The summed E-state index contributed by atoms with van der Waals surface area (Å²) in [6.45, 7) is 8.97. The van der Waals surface area contributed by atoms with Gasteiger partial charge in [-0.15, -0.1) is 0 Å². The first-order valence-electron chi connectivity index (χ1n) is 9.25. The van der Waals surface area contributed by atoms with E-state index in [0.29, 0.717) is 13.1 Å². The highest BCUT2D eigenvalue weighted by Gasteiger charge is 2.25. The summed E-state index contributed by atoms with van der Waals surface area (Å²) in [5.41, 5.74) is 0.867. The zero-order chi connectivity index (χ0) is 20.3. The molecule has 2 aromatic rings. The Labute approximate surface area is 169 Å². The average molecular weight is 405 g/mol. The number of amides is 1. The van der Waals surface area contributed by atoms with Crippen molar-refractivity contribution in [3.05, 3.63) is 52.8 Å². The molecular formula is C20H25ClN4O3. The van der Waals surface area contributed by atoms with E-state index in [9.17, 15) is 9.59 Å². The maximum absolute atomic E-state index is 12.7. The number of carbonyl (C=O) groups excluding carboxylic acids is 2. The lowest BCUT2D eigenvalue weighted by atomic mass is 10.2. The monoisotopic (exact) mass is 404 g/mol. The summed E-state index contributed by atoms with van der Waals surface area (Å²) < 4.78 is 6.51. The number of hydrogen-bond donors (Lipinski definition) is 0. The standard InChI is InChI=1S/C20H25ClN4O3/c1-20(2,3)28-18(26)16-12-22-25(14-16)19(27)24-10-8-23(9-11-24)13-15-4-6-17(21)7-5-15/h4-7,12,14H,8-11,13H2,1-3H3. The predicted octanol–water partition coefficient (Wildman–Crippen LogP) is 3.28. The Morgan fingerprint density at radius 1 is 1.11 bits per heavy atom. The van der Waals surface area contributed by atoms with E-state index in [-0.39, 0.29) is 11.6 Å². The van der Waals surface area contributed by atoms with Gasteiger partial charge in [-0.05, 0) is 38.5 Å². The number of esters is 1. The smallest absolute Gasteiger partial charge is 0.344 e. The van der Waals surface area contributed by atoms with Crippen LogP contribution in [0.3, 0.4) is 0 Å². The van der Waals surface area contributed by atoms with E-state index in [1.807, 2.05) is 24.3 Å². The number of nitrogens with zero attached hydrogens (tertiary/aromatic N) is 4. The molecule has 1 aliphatic rings. The van der Waals surface area contributed by atoms with Gasteiger partial charge in [-0.3, -0.25) is 4.90 Å². The first-order chi connectivity index (χ1) is 13.2. The number of ether oxygens (including phenoxy) is 1. The normalized spacial score (nSPS) is 15.5. The number of benzene rings is 1. The second kappa shape index (κ2) is 8.32. The Kier molecular flexibility index (Phi) is 6.05. The molecule has 2 heterocycles. The molecule has 0 radical (unpaired) electrons. The molecule has 0 spiro atoms. The molecule has 150 valence electrons. The van der Waals surface area contributed by atoms with Crippen molar-refractivity contribution in [2.75, 3.05) is 26.2 Å². The number of rotatable bonds is 3. The minimum absolute atomic E-state index is 0.235. The highest BCUT2D eigenvalue weighted by molar-refractivity contribution is 6.30. The molecule has 3 rings (SSSR count). The molecule has 1 aromatic heterocycles. The second-order valence-corrected chi connectivity index (χ2v) is 8.28. The number of carbonyl (C=O) groups is 2. The molecule has 1 aliphatic heterocycles. The van der Waals surface area contributed by atoms with Crippen molar-refractivity contribution in [1.29, 1.82) is 0 Å². The maximum Gasteiger partial charge on any atom is 0.344 e. The first kappa shape index (κ1) is 20.4. The topological polar surface area (TPSA) is 67.7 Å². The average Bonchev–Trinajstić information content (AvgIpc) is 3.13. The van der Waals surface area contributed by atoms with E-state index in [1.54, 1.807) is 25.7 Å². The molecule has 0 atom stereocenters. The van der Waals surface area contributed by atoms with Crippen LogP contribution in [0.1, 0.15) is 36.7 Å². The van der Waals surface area contributed by atoms with E-state index in [4.69, 9.17) is 16.3 Å². The summed E-state index contributed by atoms with van der Waals surface area (Å²) in [5, 5.41) is 4.76. The van der Waals surface area contributed by atoms with Gasteiger partial charge in [0.2, 0.25) is 0 Å². The van der Waals surface area contributed by atoms with Crippen molar-refractivity contribution >= 4 is 23.6 Å². The molecular weight excluding hydrogens is 380 g/mol. The zero-order valence-electron chi connectivity index (χ0n) is 16.4. The molecule has 0 bridgehead atoms. The lowest BCUT2D eigenvalue weighted by Gasteiger charge is -2.34. The number of aromatic nitrogens is 2. The predicted molar refractivity (Wildman–Crippen MR) is 106 cm³/mol. The minimum Gasteiger partial charge on any atom is -0.456 e. The fourth-order valence-corrected chi connectivity index (χ4v) is 3.09. The van der Waals surface area contributed by atoms with Gasteiger partial charge in [0.15, 0.2) is 0 Å². The van der Waals surface area contributed by atoms with Crippen LogP contribution >= 0.6 is 11.6 Å². The Balaban J connectivity index is 1.54. The molecule has 0 aliphatic carbocycles.